The fourth-order valence-electron chi connectivity index (χ4n) is 6.24. The maximum absolute atomic E-state index is 11.9. The lowest BCUT2D eigenvalue weighted by Gasteiger charge is -2.41. The van der Waals surface area contributed by atoms with Crippen molar-refractivity contribution >= 4 is 17.4 Å². The van der Waals surface area contributed by atoms with Gasteiger partial charge in [-0.25, -0.2) is 4.98 Å². The van der Waals surface area contributed by atoms with E-state index < -0.39 is 11.6 Å². The van der Waals surface area contributed by atoms with Crippen LogP contribution < -0.4 is 9.64 Å². The number of anilines is 1. The molecule has 1 unspecified atom stereocenters. The molecule has 0 radical (unpaired) electrons. The highest BCUT2D eigenvalue weighted by Gasteiger charge is 2.33. The second-order valence-corrected chi connectivity index (χ2v) is 14.3. The van der Waals surface area contributed by atoms with Crippen molar-refractivity contribution in [2.45, 2.75) is 125 Å². The highest BCUT2D eigenvalue weighted by molar-refractivity contribution is 5.78. The van der Waals surface area contributed by atoms with Crippen LogP contribution in [0.25, 0.3) is 28.0 Å². The Morgan fingerprint density at radius 3 is 2.38 bits per heavy atom. The third-order valence-electron chi connectivity index (χ3n) is 9.58. The van der Waals surface area contributed by atoms with Crippen molar-refractivity contribution in [1.82, 2.24) is 14.6 Å². The standard InChI is InChI=1S/C34H40N4O4.C5H12O.C2H6/c1-22-11-12-30-28(18-22)25-9-7-10-26(19-25)29-21-31-35-24(3)27(20-32(39)40)33(38(31)36-29)37-15-13-34(4,14-16-37)41-17-6-5-8-23(2)42-30;1-4-5(2,3)6;1-2/h7,9-12,18-19,21,23H,5-6,8,13-17,20H2,1-4H3,(H,39,40);6H,4H2,1-3H3;1-2H3. The number of carboxylic acids is 1. The molecule has 2 aromatic heterocycles. The molecule has 0 saturated carbocycles. The fraction of sp³-hybridized carbons (Fsp3) is 0.537. The van der Waals surface area contributed by atoms with Gasteiger partial charge in [-0.3, -0.25) is 4.79 Å². The maximum Gasteiger partial charge on any atom is 0.308 e. The summed E-state index contributed by atoms with van der Waals surface area (Å²) in [4.78, 5) is 19.0. The maximum atomic E-state index is 11.9. The molecule has 50 heavy (non-hydrogen) atoms. The van der Waals surface area contributed by atoms with Crippen LogP contribution >= 0.6 is 0 Å². The Bertz CT molecular complexity index is 1730. The number of nitrogens with zero attached hydrogens (tertiary/aromatic N) is 4. The van der Waals surface area contributed by atoms with E-state index in [2.05, 4.69) is 68.1 Å². The molecule has 0 aliphatic carbocycles. The third kappa shape index (κ3) is 9.85. The van der Waals surface area contributed by atoms with Gasteiger partial charge in [-0.1, -0.05) is 50.6 Å². The van der Waals surface area contributed by atoms with E-state index in [1.165, 1.54) is 5.56 Å². The number of aryl methyl sites for hydroxylation is 2. The van der Waals surface area contributed by atoms with E-state index in [1.807, 2.05) is 38.3 Å². The minimum atomic E-state index is -0.877. The molecule has 9 heteroatoms. The van der Waals surface area contributed by atoms with Crippen LogP contribution in [0.5, 0.6) is 5.75 Å². The number of aliphatic carboxylic acids is 1. The summed E-state index contributed by atoms with van der Waals surface area (Å²) in [6.07, 6.45) is 5.50. The smallest absolute Gasteiger partial charge is 0.308 e. The second-order valence-electron chi connectivity index (χ2n) is 14.3. The van der Waals surface area contributed by atoms with Crippen LogP contribution in [0.1, 0.15) is 104 Å². The monoisotopic (exact) mass is 686 g/mol. The summed E-state index contributed by atoms with van der Waals surface area (Å²) >= 11 is 0. The number of hydrogen-bond acceptors (Lipinski definition) is 7. The molecule has 4 aromatic rings. The first-order valence-electron chi connectivity index (χ1n) is 18.4. The predicted molar refractivity (Wildman–Crippen MR) is 202 cm³/mol. The summed E-state index contributed by atoms with van der Waals surface area (Å²) in [6.45, 7) is 20.1. The van der Waals surface area contributed by atoms with Gasteiger partial charge >= 0.3 is 5.97 Å². The van der Waals surface area contributed by atoms with Gasteiger partial charge in [0.2, 0.25) is 0 Å². The number of aromatic nitrogens is 3. The van der Waals surface area contributed by atoms with Crippen LogP contribution in [0, 0.1) is 13.8 Å². The number of carboxylic acid groups (broad SMARTS) is 1. The predicted octanol–water partition coefficient (Wildman–Crippen LogP) is 8.83. The number of fused-ring (bicyclic) bond motifs is 8. The number of carbonyl (C=O) groups is 1. The van der Waals surface area contributed by atoms with E-state index in [0.29, 0.717) is 11.2 Å². The average molecular weight is 687 g/mol. The molecule has 2 N–H and O–H groups in total. The molecule has 1 atom stereocenters. The third-order valence-corrected chi connectivity index (χ3v) is 9.58. The van der Waals surface area contributed by atoms with Crippen molar-refractivity contribution in [2.24, 2.45) is 0 Å². The molecule has 3 aliphatic rings. The molecule has 1 saturated heterocycles. The highest BCUT2D eigenvalue weighted by Crippen LogP contribution is 2.37. The zero-order valence-electron chi connectivity index (χ0n) is 31.7. The van der Waals surface area contributed by atoms with Crippen LogP contribution in [-0.2, 0) is 16.0 Å². The summed E-state index contributed by atoms with van der Waals surface area (Å²) in [6, 6.07) is 16.7. The van der Waals surface area contributed by atoms with Gasteiger partial charge in [-0.05, 0) is 104 Å². The van der Waals surface area contributed by atoms with Crippen LogP contribution in [0.15, 0.2) is 48.5 Å². The normalized spacial score (nSPS) is 19.4. The lowest BCUT2D eigenvalue weighted by Crippen LogP contribution is -2.45. The first kappa shape index (κ1) is 38.8. The number of rotatable bonds is 3. The average Bonchev–Trinajstić information content (AvgIpc) is 3.50. The van der Waals surface area contributed by atoms with Crippen LogP contribution in [-0.4, -0.2) is 67.8 Å². The van der Waals surface area contributed by atoms with E-state index >= 15 is 0 Å². The fourth-order valence-corrected chi connectivity index (χ4v) is 6.24. The van der Waals surface area contributed by atoms with Crippen molar-refractivity contribution < 1.29 is 24.5 Å². The van der Waals surface area contributed by atoms with E-state index in [0.717, 1.165) is 97.9 Å². The van der Waals surface area contributed by atoms with Gasteiger partial charge in [-0.2, -0.15) is 9.61 Å². The molecule has 9 nitrogen and oxygen atoms in total. The Morgan fingerprint density at radius 2 is 1.72 bits per heavy atom. The Labute approximate surface area is 298 Å². The van der Waals surface area contributed by atoms with Gasteiger partial charge in [0.25, 0.3) is 0 Å². The molecular weight excluding hydrogens is 628 g/mol. The molecule has 0 spiro atoms. The largest absolute Gasteiger partial charge is 0.490 e. The molecule has 1 fully saturated rings. The van der Waals surface area contributed by atoms with Crippen molar-refractivity contribution in [2.75, 3.05) is 24.6 Å². The summed E-state index contributed by atoms with van der Waals surface area (Å²) in [5.74, 6) is 0.821. The molecule has 2 aromatic carbocycles. The quantitative estimate of drug-likeness (QED) is 0.220. The van der Waals surface area contributed by atoms with Crippen molar-refractivity contribution in [3.8, 4) is 28.1 Å². The second kappa shape index (κ2) is 16.8. The number of hydrogen-bond donors (Lipinski definition) is 2. The van der Waals surface area contributed by atoms with Crippen molar-refractivity contribution in [3.05, 3.63) is 65.4 Å². The molecule has 272 valence electrons. The summed E-state index contributed by atoms with van der Waals surface area (Å²) in [5.41, 5.74) is 6.52. The van der Waals surface area contributed by atoms with E-state index in [-0.39, 0.29) is 18.1 Å². The van der Waals surface area contributed by atoms with E-state index in [1.54, 1.807) is 13.8 Å². The first-order chi connectivity index (χ1) is 23.7. The number of aliphatic hydroxyl groups is 1. The van der Waals surface area contributed by atoms with Gasteiger partial charge in [0, 0.05) is 48.1 Å². The first-order valence-corrected chi connectivity index (χ1v) is 18.4. The number of piperidine rings is 1. The van der Waals surface area contributed by atoms with E-state index in [9.17, 15) is 9.90 Å². The Balaban J connectivity index is 0.000000637. The molecular formula is C41H58N4O5. The summed E-state index contributed by atoms with van der Waals surface area (Å²) < 4.78 is 14.8. The number of benzene rings is 2. The zero-order valence-corrected chi connectivity index (χ0v) is 31.7. The van der Waals surface area contributed by atoms with Crippen molar-refractivity contribution in [3.63, 3.8) is 0 Å². The Morgan fingerprint density at radius 1 is 1.04 bits per heavy atom. The zero-order chi connectivity index (χ0) is 36.6. The lowest BCUT2D eigenvalue weighted by molar-refractivity contribution is -0.136. The molecule has 7 rings (SSSR count). The Kier molecular flexibility index (Phi) is 13.1. The van der Waals surface area contributed by atoms with Gasteiger partial charge in [-0.15, -0.1) is 0 Å². The topological polar surface area (TPSA) is 109 Å². The van der Waals surface area contributed by atoms with Crippen LogP contribution in [0.4, 0.5) is 5.82 Å². The highest BCUT2D eigenvalue weighted by atomic mass is 16.5. The van der Waals surface area contributed by atoms with Crippen LogP contribution in [0.2, 0.25) is 0 Å². The Hall–Kier alpha value is -3.95. The molecule has 5 heterocycles. The molecule has 6 bridgehead atoms. The van der Waals surface area contributed by atoms with Crippen molar-refractivity contribution in [1.29, 1.82) is 0 Å². The molecule has 3 aliphatic heterocycles. The summed E-state index contributed by atoms with van der Waals surface area (Å²) in [5, 5.41) is 23.7. The van der Waals surface area contributed by atoms with Gasteiger partial charge < -0.3 is 24.6 Å². The lowest BCUT2D eigenvalue weighted by atomic mass is 9.92. The molecule has 0 amide bonds. The van der Waals surface area contributed by atoms with Gasteiger partial charge in [0.15, 0.2) is 5.65 Å². The minimum Gasteiger partial charge on any atom is -0.490 e. The van der Waals surface area contributed by atoms with Gasteiger partial charge in [0.1, 0.15) is 11.6 Å². The van der Waals surface area contributed by atoms with Crippen LogP contribution in [0.3, 0.4) is 0 Å². The minimum absolute atomic E-state index is 0.0882. The summed E-state index contributed by atoms with van der Waals surface area (Å²) in [7, 11) is 0. The van der Waals surface area contributed by atoms with E-state index in [4.69, 9.17) is 24.7 Å². The SMILES string of the molecule is CC.CCC(C)(C)O.Cc1ccc2c(c1)-c1cccc(c1)-c1cc3nc(C)c(CC(=O)O)c(n3n1)N1CCC(C)(CC1)OCCCCC(C)O2. The number of ether oxygens (including phenoxy) is 2. The van der Waals surface area contributed by atoms with Gasteiger partial charge in [0.05, 0.1) is 29.4 Å².